The number of ether oxygens (including phenoxy) is 3. The van der Waals surface area contributed by atoms with E-state index in [4.69, 9.17) is 14.2 Å². The van der Waals surface area contributed by atoms with Crippen LogP contribution in [0.4, 0.5) is 0 Å². The minimum absolute atomic E-state index is 0.0461. The van der Waals surface area contributed by atoms with Crippen LogP contribution in [0.3, 0.4) is 0 Å². The molecule has 0 aromatic rings. The Balaban J connectivity index is 1.89. The van der Waals surface area contributed by atoms with E-state index in [2.05, 4.69) is 20.8 Å². The van der Waals surface area contributed by atoms with Crippen molar-refractivity contribution in [1.29, 1.82) is 0 Å². The highest BCUT2D eigenvalue weighted by Crippen LogP contribution is 2.72. The summed E-state index contributed by atoms with van der Waals surface area (Å²) in [4.78, 5) is 38.3. The molecule has 9 atom stereocenters. The van der Waals surface area contributed by atoms with E-state index < -0.39 is 34.9 Å². The average Bonchev–Trinajstić information content (AvgIpc) is 2.81. The Morgan fingerprint density at radius 2 is 1.69 bits per heavy atom. The van der Waals surface area contributed by atoms with Crippen molar-refractivity contribution in [2.75, 3.05) is 13.7 Å². The molecule has 0 aliphatic heterocycles. The Morgan fingerprint density at radius 3 is 2.28 bits per heavy atom. The fraction of sp³-hybridized carbons (Fsp3) is 0.880. The highest BCUT2D eigenvalue weighted by Gasteiger charge is 2.77. The molecule has 0 amide bonds. The van der Waals surface area contributed by atoms with Crippen LogP contribution in [0.1, 0.15) is 66.7 Å². The zero-order chi connectivity index (χ0) is 23.6. The van der Waals surface area contributed by atoms with Crippen molar-refractivity contribution in [3.63, 3.8) is 0 Å². The number of carbonyl (C=O) groups excluding carboxylic acids is 3. The van der Waals surface area contributed by atoms with E-state index in [1.807, 2.05) is 0 Å². The lowest BCUT2D eigenvalue weighted by molar-refractivity contribution is -0.258. The van der Waals surface area contributed by atoms with E-state index in [9.17, 15) is 19.5 Å². The summed E-state index contributed by atoms with van der Waals surface area (Å²) in [5.74, 6) is -1.56. The number of hydrogen-bond donors (Lipinski definition) is 1. The van der Waals surface area contributed by atoms with Gasteiger partial charge in [-0.1, -0.05) is 20.8 Å². The molecule has 1 spiro atoms. The van der Waals surface area contributed by atoms with Crippen LogP contribution in [0, 0.1) is 39.9 Å². The second-order valence-corrected chi connectivity index (χ2v) is 11.5. The van der Waals surface area contributed by atoms with Crippen LogP contribution in [0.15, 0.2) is 0 Å². The average molecular weight is 451 g/mol. The minimum atomic E-state index is -1.19. The Morgan fingerprint density at radius 1 is 1.03 bits per heavy atom. The summed E-state index contributed by atoms with van der Waals surface area (Å²) >= 11 is 0. The second-order valence-electron chi connectivity index (χ2n) is 11.5. The molecule has 0 radical (unpaired) electrons. The fourth-order valence-electron chi connectivity index (χ4n) is 8.60. The van der Waals surface area contributed by atoms with Gasteiger partial charge in [0.15, 0.2) is 5.78 Å². The summed E-state index contributed by atoms with van der Waals surface area (Å²) in [7, 11) is 1.57. The van der Waals surface area contributed by atoms with Gasteiger partial charge in [0.25, 0.3) is 0 Å². The summed E-state index contributed by atoms with van der Waals surface area (Å²) in [5, 5.41) is 11.7. The van der Waals surface area contributed by atoms with Crippen LogP contribution >= 0.6 is 0 Å². The summed E-state index contributed by atoms with van der Waals surface area (Å²) in [6.07, 6.45) is 1.54. The number of carbonyl (C=O) groups is 3. The maximum Gasteiger partial charge on any atom is 0.302 e. The molecule has 0 heterocycles. The Bertz CT molecular complexity index is 806. The number of ketones is 1. The first-order valence-corrected chi connectivity index (χ1v) is 12.0. The van der Waals surface area contributed by atoms with E-state index in [1.165, 1.54) is 13.8 Å². The van der Waals surface area contributed by atoms with Crippen LogP contribution < -0.4 is 0 Å². The zero-order valence-electron chi connectivity index (χ0n) is 20.2. The van der Waals surface area contributed by atoms with Gasteiger partial charge < -0.3 is 19.3 Å². The summed E-state index contributed by atoms with van der Waals surface area (Å²) in [6.45, 7) is 9.61. The molecule has 2 bridgehead atoms. The van der Waals surface area contributed by atoms with Gasteiger partial charge in [0, 0.05) is 38.2 Å². The van der Waals surface area contributed by atoms with Crippen molar-refractivity contribution < 1.29 is 33.7 Å². The first-order chi connectivity index (χ1) is 14.9. The number of Topliss-reactive ketones (excluding diaryl/α,β-unsaturated/α-hetero) is 1. The summed E-state index contributed by atoms with van der Waals surface area (Å²) in [5.41, 5.74) is -1.77. The van der Waals surface area contributed by atoms with Gasteiger partial charge in [0.1, 0.15) is 12.2 Å². The maximum atomic E-state index is 14.1. The quantitative estimate of drug-likeness (QED) is 0.658. The van der Waals surface area contributed by atoms with Crippen LogP contribution in [0.25, 0.3) is 0 Å². The van der Waals surface area contributed by atoms with Crippen LogP contribution in [0.2, 0.25) is 0 Å². The first kappa shape index (κ1) is 23.7. The molecule has 0 aromatic heterocycles. The van der Waals surface area contributed by atoms with Crippen molar-refractivity contribution in [3.05, 3.63) is 0 Å². The van der Waals surface area contributed by atoms with Crippen molar-refractivity contribution in [2.45, 2.75) is 85.0 Å². The highest BCUT2D eigenvalue weighted by molar-refractivity contribution is 5.93. The van der Waals surface area contributed by atoms with Crippen molar-refractivity contribution in [1.82, 2.24) is 0 Å². The molecule has 4 fully saturated rings. The molecular weight excluding hydrogens is 412 g/mol. The summed E-state index contributed by atoms with van der Waals surface area (Å²) in [6, 6.07) is 0. The van der Waals surface area contributed by atoms with E-state index in [0.29, 0.717) is 12.8 Å². The lowest BCUT2D eigenvalue weighted by Crippen LogP contribution is -2.70. The smallest absolute Gasteiger partial charge is 0.302 e. The largest absolute Gasteiger partial charge is 0.462 e. The van der Waals surface area contributed by atoms with Gasteiger partial charge >= 0.3 is 11.9 Å². The van der Waals surface area contributed by atoms with Crippen LogP contribution in [-0.4, -0.2) is 54.9 Å². The number of aliphatic hydroxyl groups is 1. The van der Waals surface area contributed by atoms with Gasteiger partial charge in [-0.2, -0.15) is 0 Å². The molecule has 0 aromatic carbocycles. The van der Waals surface area contributed by atoms with E-state index >= 15 is 0 Å². The Kier molecular flexibility index (Phi) is 5.77. The molecule has 7 heteroatoms. The van der Waals surface area contributed by atoms with E-state index in [1.54, 1.807) is 7.11 Å². The lowest BCUT2D eigenvalue weighted by atomic mass is 9.39. The van der Waals surface area contributed by atoms with Gasteiger partial charge in [0.05, 0.1) is 18.1 Å². The zero-order valence-corrected chi connectivity index (χ0v) is 20.2. The SMILES string of the molecule is COCC1C(=O)C23C(O)CC4C(C)(C)CCC(OC(C)=O)C4(C)C2CCC1C3OC(C)=O. The molecule has 180 valence electrons. The van der Waals surface area contributed by atoms with Gasteiger partial charge in [-0.05, 0) is 49.4 Å². The number of esters is 2. The third-order valence-electron chi connectivity index (χ3n) is 9.65. The molecule has 4 aliphatic carbocycles. The molecule has 4 rings (SSSR count). The van der Waals surface area contributed by atoms with Gasteiger partial charge in [-0.3, -0.25) is 14.4 Å². The molecule has 32 heavy (non-hydrogen) atoms. The topological polar surface area (TPSA) is 99.1 Å². The molecule has 0 saturated heterocycles. The molecule has 4 saturated carbocycles. The predicted octanol–water partition coefficient (Wildman–Crippen LogP) is 2.91. The Hall–Kier alpha value is -1.47. The molecule has 1 N–H and O–H groups in total. The molecule has 4 aliphatic rings. The monoisotopic (exact) mass is 450 g/mol. The number of methoxy groups -OCH3 is 1. The maximum absolute atomic E-state index is 14.1. The molecule has 7 nitrogen and oxygen atoms in total. The van der Waals surface area contributed by atoms with Crippen molar-refractivity contribution in [2.24, 2.45) is 39.9 Å². The summed E-state index contributed by atoms with van der Waals surface area (Å²) < 4.78 is 17.2. The normalized spacial score (nSPS) is 46.7. The van der Waals surface area contributed by atoms with E-state index in [-0.39, 0.29) is 47.6 Å². The number of fused-ring (bicyclic) bond motifs is 3. The lowest BCUT2D eigenvalue weighted by Gasteiger charge is -2.66. The van der Waals surface area contributed by atoms with Gasteiger partial charge in [0.2, 0.25) is 0 Å². The van der Waals surface area contributed by atoms with Gasteiger partial charge in [-0.25, -0.2) is 0 Å². The van der Waals surface area contributed by atoms with Crippen LogP contribution in [0.5, 0.6) is 0 Å². The fourth-order valence-corrected chi connectivity index (χ4v) is 8.60. The number of hydrogen-bond acceptors (Lipinski definition) is 7. The third-order valence-corrected chi connectivity index (χ3v) is 9.65. The van der Waals surface area contributed by atoms with Crippen LogP contribution in [-0.2, 0) is 28.6 Å². The molecule has 9 unspecified atom stereocenters. The number of rotatable bonds is 4. The predicted molar refractivity (Wildman–Crippen MR) is 115 cm³/mol. The second kappa shape index (κ2) is 7.79. The van der Waals surface area contributed by atoms with Crippen molar-refractivity contribution in [3.8, 4) is 0 Å². The standard InChI is InChI=1S/C25H38O7/c1-13(26)31-20-9-10-23(3,4)18-11-19(28)25-17(24(18,20)5)8-7-15(22(25)32-14(2)27)16(12-30-6)21(25)29/h15-20,22,28H,7-12H2,1-6H3. The Labute approximate surface area is 190 Å². The van der Waals surface area contributed by atoms with E-state index in [0.717, 1.165) is 19.3 Å². The number of aliphatic hydroxyl groups excluding tert-OH is 1. The van der Waals surface area contributed by atoms with Gasteiger partial charge in [-0.15, -0.1) is 0 Å². The molecular formula is C25H38O7. The highest BCUT2D eigenvalue weighted by atomic mass is 16.6. The third kappa shape index (κ3) is 3.03. The minimum Gasteiger partial charge on any atom is -0.462 e. The first-order valence-electron chi connectivity index (χ1n) is 12.0. The van der Waals surface area contributed by atoms with Crippen molar-refractivity contribution >= 4 is 17.7 Å².